The number of rotatable bonds is 7. The number of anilines is 1. The normalized spacial score (nSPS) is 17.1. The Bertz CT molecular complexity index is 1450. The van der Waals surface area contributed by atoms with E-state index in [1.165, 1.54) is 14.8 Å². The summed E-state index contributed by atoms with van der Waals surface area (Å²) < 4.78 is 44.7. The van der Waals surface area contributed by atoms with Gasteiger partial charge < -0.3 is 24.0 Å². The summed E-state index contributed by atoms with van der Waals surface area (Å²) in [5.74, 6) is 1.97. The van der Waals surface area contributed by atoms with Crippen molar-refractivity contribution < 1.29 is 32.3 Å². The largest absolute Gasteiger partial charge is 0.484 e. The van der Waals surface area contributed by atoms with Gasteiger partial charge in [0.1, 0.15) is 12.3 Å². The minimum atomic E-state index is -3.68. The van der Waals surface area contributed by atoms with Crippen LogP contribution in [0.3, 0.4) is 0 Å². The zero-order chi connectivity index (χ0) is 26.8. The molecule has 0 atom stereocenters. The van der Waals surface area contributed by atoms with Gasteiger partial charge in [0.15, 0.2) is 18.1 Å². The third-order valence-corrected chi connectivity index (χ3v) is 9.38. The van der Waals surface area contributed by atoms with Crippen molar-refractivity contribution in [2.24, 2.45) is 0 Å². The van der Waals surface area contributed by atoms with Crippen LogP contribution in [0.4, 0.5) is 5.69 Å². The maximum absolute atomic E-state index is 13.3. The predicted octanol–water partition coefficient (Wildman–Crippen LogP) is 1.86. The third kappa shape index (κ3) is 5.39. The highest BCUT2D eigenvalue weighted by Crippen LogP contribution is 2.33. The number of carbonyl (C=O) groups excluding carboxylic acids is 1. The minimum absolute atomic E-state index is 0.0706. The van der Waals surface area contributed by atoms with Crippen LogP contribution in [0.15, 0.2) is 71.6 Å². The molecule has 6 rings (SSSR count). The standard InChI is InChI=1S/C29H31N3O6S/c33-29(31-16-14-30(15-17-31)19-22-7-12-27-28(18-22)38-21-37-27)20-36-24-8-10-25(11-9-24)39(34,35)32-13-3-5-23-4-1-2-6-26(23)32/h1-2,4,6-12,18H,3,5,13-17,19-21H2/p+1. The van der Waals surface area contributed by atoms with Gasteiger partial charge in [-0.1, -0.05) is 18.2 Å². The fourth-order valence-corrected chi connectivity index (χ4v) is 6.95. The number of benzene rings is 3. The maximum Gasteiger partial charge on any atom is 0.264 e. The van der Waals surface area contributed by atoms with Gasteiger partial charge in [0.2, 0.25) is 6.79 Å². The summed E-state index contributed by atoms with van der Waals surface area (Å²) in [7, 11) is -3.68. The third-order valence-electron chi connectivity index (χ3n) is 7.56. The van der Waals surface area contributed by atoms with Gasteiger partial charge in [-0.05, 0) is 66.9 Å². The van der Waals surface area contributed by atoms with Crippen molar-refractivity contribution >= 4 is 21.6 Å². The number of quaternary nitrogens is 1. The number of para-hydroxylation sites is 1. The molecular formula is C29H32N3O6S+. The maximum atomic E-state index is 13.3. The van der Waals surface area contributed by atoms with Crippen molar-refractivity contribution in [3.05, 3.63) is 77.9 Å². The number of carbonyl (C=O) groups is 1. The van der Waals surface area contributed by atoms with Gasteiger partial charge in [0.05, 0.1) is 36.8 Å². The first-order chi connectivity index (χ1) is 19.0. The number of nitrogens with zero attached hydrogens (tertiary/aromatic N) is 2. The fraction of sp³-hybridized carbons (Fsp3) is 0.345. The summed E-state index contributed by atoms with van der Waals surface area (Å²) in [6, 6.07) is 20.0. The van der Waals surface area contributed by atoms with E-state index >= 15 is 0 Å². The Kier molecular flexibility index (Phi) is 7.05. The van der Waals surface area contributed by atoms with Crippen LogP contribution in [0.1, 0.15) is 17.5 Å². The fourth-order valence-electron chi connectivity index (χ4n) is 5.41. The zero-order valence-electron chi connectivity index (χ0n) is 21.7. The van der Waals surface area contributed by atoms with Crippen LogP contribution in [-0.4, -0.2) is 65.3 Å². The quantitative estimate of drug-likeness (QED) is 0.483. The van der Waals surface area contributed by atoms with E-state index in [4.69, 9.17) is 14.2 Å². The predicted molar refractivity (Wildman–Crippen MR) is 145 cm³/mol. The number of ether oxygens (including phenoxy) is 3. The summed E-state index contributed by atoms with van der Waals surface area (Å²) in [6.45, 7) is 4.55. The SMILES string of the molecule is O=C(COc1ccc(S(=O)(=O)N2CCCc3ccccc32)cc1)N1CC[NH+](Cc2ccc3c(c2)OCO3)CC1. The molecule has 3 aromatic rings. The summed E-state index contributed by atoms with van der Waals surface area (Å²) in [5, 5.41) is 0. The minimum Gasteiger partial charge on any atom is -0.484 e. The Morgan fingerprint density at radius 1 is 0.923 bits per heavy atom. The van der Waals surface area contributed by atoms with Crippen LogP contribution in [0.2, 0.25) is 0 Å². The molecular weight excluding hydrogens is 518 g/mol. The molecule has 3 aromatic carbocycles. The lowest BCUT2D eigenvalue weighted by atomic mass is 10.0. The van der Waals surface area contributed by atoms with Gasteiger partial charge >= 0.3 is 0 Å². The van der Waals surface area contributed by atoms with Crippen LogP contribution >= 0.6 is 0 Å². The molecule has 0 spiro atoms. The Morgan fingerprint density at radius 3 is 2.51 bits per heavy atom. The van der Waals surface area contributed by atoms with Crippen LogP contribution in [0.5, 0.6) is 17.2 Å². The molecule has 0 aliphatic carbocycles. The van der Waals surface area contributed by atoms with E-state index in [0.29, 0.717) is 25.4 Å². The second-order valence-corrected chi connectivity index (χ2v) is 11.9. The van der Waals surface area contributed by atoms with Gasteiger partial charge in [-0.2, -0.15) is 0 Å². The summed E-state index contributed by atoms with van der Waals surface area (Å²) in [6.07, 6.45) is 1.66. The molecule has 204 valence electrons. The summed E-state index contributed by atoms with van der Waals surface area (Å²) >= 11 is 0. The molecule has 3 heterocycles. The van der Waals surface area contributed by atoms with E-state index in [2.05, 4.69) is 6.07 Å². The number of amides is 1. The lowest BCUT2D eigenvalue weighted by molar-refractivity contribution is -0.917. The topological polar surface area (TPSA) is 89.8 Å². The Labute approximate surface area is 228 Å². The van der Waals surface area contributed by atoms with Crippen LogP contribution in [-0.2, 0) is 27.8 Å². The molecule has 0 radical (unpaired) electrons. The molecule has 10 heteroatoms. The van der Waals surface area contributed by atoms with Crippen molar-refractivity contribution in [1.29, 1.82) is 0 Å². The van der Waals surface area contributed by atoms with E-state index in [1.54, 1.807) is 24.3 Å². The van der Waals surface area contributed by atoms with Crippen molar-refractivity contribution in [2.75, 3.05) is 50.4 Å². The van der Waals surface area contributed by atoms with Crippen LogP contribution in [0, 0.1) is 0 Å². The van der Waals surface area contributed by atoms with Crippen molar-refractivity contribution in [1.82, 2.24) is 4.90 Å². The van der Waals surface area contributed by atoms with E-state index in [1.807, 2.05) is 41.3 Å². The number of hydrogen-bond acceptors (Lipinski definition) is 6. The smallest absolute Gasteiger partial charge is 0.264 e. The highest BCUT2D eigenvalue weighted by atomic mass is 32.2. The molecule has 0 bridgehead atoms. The average Bonchev–Trinajstić information content (AvgIpc) is 3.44. The first-order valence-electron chi connectivity index (χ1n) is 13.3. The van der Waals surface area contributed by atoms with E-state index in [0.717, 1.165) is 55.2 Å². The Morgan fingerprint density at radius 2 is 1.69 bits per heavy atom. The number of aryl methyl sites for hydroxylation is 1. The first-order valence-corrected chi connectivity index (χ1v) is 14.7. The highest BCUT2D eigenvalue weighted by Gasteiger charge is 2.29. The van der Waals surface area contributed by atoms with Gasteiger partial charge in [0, 0.05) is 12.1 Å². The monoisotopic (exact) mass is 550 g/mol. The summed E-state index contributed by atoms with van der Waals surface area (Å²) in [4.78, 5) is 16.2. The molecule has 1 N–H and O–H groups in total. The van der Waals surface area contributed by atoms with Crippen molar-refractivity contribution in [3.8, 4) is 17.2 Å². The number of fused-ring (bicyclic) bond motifs is 2. The molecule has 0 saturated carbocycles. The molecule has 9 nitrogen and oxygen atoms in total. The van der Waals surface area contributed by atoms with E-state index < -0.39 is 10.0 Å². The van der Waals surface area contributed by atoms with Crippen molar-refractivity contribution in [3.63, 3.8) is 0 Å². The lowest BCUT2D eigenvalue weighted by Crippen LogP contribution is -3.13. The number of nitrogens with one attached hydrogen (secondary N) is 1. The van der Waals surface area contributed by atoms with Gasteiger partial charge in [-0.15, -0.1) is 0 Å². The number of hydrogen-bond donors (Lipinski definition) is 1. The zero-order valence-corrected chi connectivity index (χ0v) is 22.5. The Hall–Kier alpha value is -3.76. The second-order valence-electron chi connectivity index (χ2n) is 10.1. The Balaban J connectivity index is 1.000. The molecule has 39 heavy (non-hydrogen) atoms. The molecule has 3 aliphatic heterocycles. The van der Waals surface area contributed by atoms with Crippen LogP contribution in [0.25, 0.3) is 0 Å². The molecule has 1 saturated heterocycles. The first kappa shape index (κ1) is 25.5. The lowest BCUT2D eigenvalue weighted by Gasteiger charge is -2.32. The number of sulfonamides is 1. The molecule has 0 unspecified atom stereocenters. The summed E-state index contributed by atoms with van der Waals surface area (Å²) in [5.41, 5.74) is 2.97. The molecule has 3 aliphatic rings. The molecule has 1 amide bonds. The average molecular weight is 551 g/mol. The highest BCUT2D eigenvalue weighted by molar-refractivity contribution is 7.92. The van der Waals surface area contributed by atoms with Gasteiger partial charge in [-0.3, -0.25) is 9.10 Å². The number of piperazine rings is 1. The molecule has 0 aromatic heterocycles. The van der Waals surface area contributed by atoms with Crippen molar-refractivity contribution in [2.45, 2.75) is 24.3 Å². The molecule has 1 fully saturated rings. The van der Waals surface area contributed by atoms with Gasteiger partial charge in [0.25, 0.3) is 15.9 Å². The van der Waals surface area contributed by atoms with E-state index in [9.17, 15) is 13.2 Å². The second kappa shape index (κ2) is 10.8. The van der Waals surface area contributed by atoms with E-state index in [-0.39, 0.29) is 24.2 Å². The van der Waals surface area contributed by atoms with Crippen LogP contribution < -0.4 is 23.4 Å². The van der Waals surface area contributed by atoms with Gasteiger partial charge in [-0.25, -0.2) is 8.42 Å².